The molecule has 1 aromatic carbocycles. The topological polar surface area (TPSA) is 46.4 Å². The summed E-state index contributed by atoms with van der Waals surface area (Å²) in [6.07, 6.45) is -4.89. The third-order valence-corrected chi connectivity index (χ3v) is 3.20. The first-order chi connectivity index (χ1) is 9.29. The monoisotopic (exact) mass is 292 g/mol. The molecule has 1 aromatic rings. The lowest BCUT2D eigenvalue weighted by atomic mass is 10.1. The van der Waals surface area contributed by atoms with Crippen LogP contribution in [-0.2, 0) is 6.18 Å². The van der Waals surface area contributed by atoms with Gasteiger partial charge in [-0.15, -0.1) is 0 Å². The van der Waals surface area contributed by atoms with Crippen LogP contribution < -0.4 is 4.90 Å². The zero-order valence-electron chi connectivity index (χ0n) is 10.4. The van der Waals surface area contributed by atoms with Crippen molar-refractivity contribution in [3.05, 3.63) is 33.9 Å². The largest absolute Gasteiger partial charge is 0.416 e. The first kappa shape index (κ1) is 14.5. The summed E-state index contributed by atoms with van der Waals surface area (Å²) in [6, 6.07) is 2.32. The van der Waals surface area contributed by atoms with Gasteiger partial charge in [0.15, 0.2) is 0 Å². The first-order valence-corrected chi connectivity index (χ1v) is 6.03. The van der Waals surface area contributed by atoms with E-state index in [9.17, 15) is 27.7 Å². The maximum atomic E-state index is 13.3. The fourth-order valence-corrected chi connectivity index (χ4v) is 2.26. The summed E-state index contributed by atoms with van der Waals surface area (Å²) in [5.74, 6) is 0. The predicted octanol–water partition coefficient (Wildman–Crippen LogP) is 3.55. The van der Waals surface area contributed by atoms with E-state index in [0.29, 0.717) is 25.5 Å². The van der Waals surface area contributed by atoms with Gasteiger partial charge in [0.25, 0.3) is 5.69 Å². The standard InChI is InChI=1S/C12H12F4N2O2/c13-9-2-1-5-17(7-9)10-4-3-8(12(14,15)16)6-11(10)18(19)20/h3-4,6,9H,1-2,5,7H2/t9-/m0/s1. The Morgan fingerprint density at radius 3 is 2.60 bits per heavy atom. The fourth-order valence-electron chi connectivity index (χ4n) is 2.26. The Labute approximate surface area is 112 Å². The predicted molar refractivity (Wildman–Crippen MR) is 64.4 cm³/mol. The zero-order valence-corrected chi connectivity index (χ0v) is 10.4. The van der Waals surface area contributed by atoms with Crippen molar-refractivity contribution in [3.8, 4) is 0 Å². The van der Waals surface area contributed by atoms with Crippen molar-refractivity contribution in [1.82, 2.24) is 0 Å². The molecular weight excluding hydrogens is 280 g/mol. The summed E-state index contributed by atoms with van der Waals surface area (Å²) in [7, 11) is 0. The van der Waals surface area contributed by atoms with Gasteiger partial charge in [-0.3, -0.25) is 10.1 Å². The molecule has 20 heavy (non-hydrogen) atoms. The van der Waals surface area contributed by atoms with E-state index in [1.54, 1.807) is 0 Å². The molecule has 0 bridgehead atoms. The first-order valence-electron chi connectivity index (χ1n) is 6.03. The average molecular weight is 292 g/mol. The van der Waals surface area contributed by atoms with Gasteiger partial charge < -0.3 is 4.90 Å². The summed E-state index contributed by atoms with van der Waals surface area (Å²) < 4.78 is 51.0. The Balaban J connectivity index is 2.40. The number of nitro benzene ring substituents is 1. The highest BCUT2D eigenvalue weighted by Gasteiger charge is 2.34. The van der Waals surface area contributed by atoms with Crippen LogP contribution in [0, 0.1) is 10.1 Å². The SMILES string of the molecule is O=[N+]([O-])c1cc(C(F)(F)F)ccc1N1CCC[C@H](F)C1. The number of rotatable bonds is 2. The van der Waals surface area contributed by atoms with Gasteiger partial charge in [-0.05, 0) is 25.0 Å². The van der Waals surface area contributed by atoms with Crippen molar-refractivity contribution >= 4 is 11.4 Å². The van der Waals surface area contributed by atoms with Crippen molar-refractivity contribution in [2.24, 2.45) is 0 Å². The second-order valence-corrected chi connectivity index (χ2v) is 4.64. The minimum absolute atomic E-state index is 0.0327. The van der Waals surface area contributed by atoms with Gasteiger partial charge in [0.1, 0.15) is 11.9 Å². The van der Waals surface area contributed by atoms with Crippen molar-refractivity contribution < 1.29 is 22.5 Å². The lowest BCUT2D eigenvalue weighted by Crippen LogP contribution is -2.36. The Hall–Kier alpha value is -1.86. The minimum Gasteiger partial charge on any atom is -0.363 e. The highest BCUT2D eigenvalue weighted by molar-refractivity contribution is 5.65. The van der Waals surface area contributed by atoms with Crippen LogP contribution in [0.25, 0.3) is 0 Å². The highest BCUT2D eigenvalue weighted by Crippen LogP contribution is 2.37. The molecule has 1 saturated heterocycles. The Morgan fingerprint density at radius 1 is 1.35 bits per heavy atom. The smallest absolute Gasteiger partial charge is 0.363 e. The molecule has 0 aromatic heterocycles. The lowest BCUT2D eigenvalue weighted by Gasteiger charge is -2.30. The fraction of sp³-hybridized carbons (Fsp3) is 0.500. The van der Waals surface area contributed by atoms with Crippen LogP contribution in [-0.4, -0.2) is 24.2 Å². The molecule has 1 heterocycles. The minimum atomic E-state index is -4.65. The molecule has 4 nitrogen and oxygen atoms in total. The maximum Gasteiger partial charge on any atom is 0.416 e. The number of hydrogen-bond donors (Lipinski definition) is 0. The van der Waals surface area contributed by atoms with Gasteiger partial charge in [-0.2, -0.15) is 13.2 Å². The molecule has 0 unspecified atom stereocenters. The van der Waals surface area contributed by atoms with Crippen LogP contribution in [0.5, 0.6) is 0 Å². The number of nitrogens with zero attached hydrogens (tertiary/aromatic N) is 2. The third-order valence-electron chi connectivity index (χ3n) is 3.20. The van der Waals surface area contributed by atoms with Gasteiger partial charge in [-0.25, -0.2) is 4.39 Å². The zero-order chi connectivity index (χ0) is 14.9. The van der Waals surface area contributed by atoms with E-state index in [4.69, 9.17) is 0 Å². The van der Waals surface area contributed by atoms with Crippen LogP contribution in [0.1, 0.15) is 18.4 Å². The number of halogens is 4. The Morgan fingerprint density at radius 2 is 2.05 bits per heavy atom. The van der Waals surface area contributed by atoms with E-state index in [2.05, 4.69) is 0 Å². The third kappa shape index (κ3) is 3.00. The van der Waals surface area contributed by atoms with E-state index in [1.807, 2.05) is 0 Å². The van der Waals surface area contributed by atoms with Crippen LogP contribution in [0.2, 0.25) is 0 Å². The van der Waals surface area contributed by atoms with Crippen molar-refractivity contribution in [2.45, 2.75) is 25.2 Å². The quantitative estimate of drug-likeness (QED) is 0.476. The van der Waals surface area contributed by atoms with Gasteiger partial charge in [-0.1, -0.05) is 0 Å². The summed E-state index contributed by atoms with van der Waals surface area (Å²) >= 11 is 0. The van der Waals surface area contributed by atoms with E-state index in [1.165, 1.54) is 4.90 Å². The molecule has 0 spiro atoms. The van der Waals surface area contributed by atoms with Crippen LogP contribution >= 0.6 is 0 Å². The highest BCUT2D eigenvalue weighted by atomic mass is 19.4. The summed E-state index contributed by atoms with van der Waals surface area (Å²) in [6.45, 7) is 0.360. The van der Waals surface area contributed by atoms with Crippen molar-refractivity contribution in [1.29, 1.82) is 0 Å². The molecule has 1 atom stereocenters. The number of piperidine rings is 1. The van der Waals surface area contributed by atoms with E-state index in [-0.39, 0.29) is 12.2 Å². The molecule has 1 aliphatic heterocycles. The number of benzene rings is 1. The summed E-state index contributed by atoms with van der Waals surface area (Å²) in [4.78, 5) is 11.5. The second kappa shape index (κ2) is 5.26. The van der Waals surface area contributed by atoms with Crippen LogP contribution in [0.4, 0.5) is 28.9 Å². The Kier molecular flexibility index (Phi) is 3.82. The van der Waals surface area contributed by atoms with Crippen molar-refractivity contribution in [3.63, 3.8) is 0 Å². The maximum absolute atomic E-state index is 13.3. The van der Waals surface area contributed by atoms with Crippen LogP contribution in [0.3, 0.4) is 0 Å². The van der Waals surface area contributed by atoms with E-state index < -0.39 is 28.5 Å². The van der Waals surface area contributed by atoms with Gasteiger partial charge >= 0.3 is 6.18 Å². The molecular formula is C12H12F4N2O2. The molecule has 1 aliphatic rings. The summed E-state index contributed by atoms with van der Waals surface area (Å²) in [5.41, 5.74) is -1.69. The molecule has 0 N–H and O–H groups in total. The van der Waals surface area contributed by atoms with Gasteiger partial charge in [0, 0.05) is 19.2 Å². The molecule has 110 valence electrons. The second-order valence-electron chi connectivity index (χ2n) is 4.64. The average Bonchev–Trinajstić information content (AvgIpc) is 2.37. The van der Waals surface area contributed by atoms with Crippen LogP contribution in [0.15, 0.2) is 18.2 Å². The number of nitro groups is 1. The van der Waals surface area contributed by atoms with E-state index in [0.717, 1.165) is 12.1 Å². The number of alkyl halides is 4. The number of anilines is 1. The van der Waals surface area contributed by atoms with Crippen molar-refractivity contribution in [2.75, 3.05) is 18.0 Å². The Bertz CT molecular complexity index is 519. The molecule has 0 radical (unpaired) electrons. The summed E-state index contributed by atoms with van der Waals surface area (Å²) in [5, 5.41) is 10.9. The molecule has 0 amide bonds. The van der Waals surface area contributed by atoms with Gasteiger partial charge in [0.05, 0.1) is 10.5 Å². The van der Waals surface area contributed by atoms with Gasteiger partial charge in [0.2, 0.25) is 0 Å². The van der Waals surface area contributed by atoms with E-state index >= 15 is 0 Å². The molecule has 1 fully saturated rings. The normalized spacial score (nSPS) is 20.0. The molecule has 0 saturated carbocycles. The number of hydrogen-bond acceptors (Lipinski definition) is 3. The lowest BCUT2D eigenvalue weighted by molar-refractivity contribution is -0.384. The molecule has 8 heteroatoms. The molecule has 2 rings (SSSR count). The molecule has 0 aliphatic carbocycles.